The van der Waals surface area contributed by atoms with Gasteiger partial charge in [-0.1, -0.05) is 30.3 Å². The van der Waals surface area contributed by atoms with Crippen LogP contribution in [0.25, 0.3) is 0 Å². The Labute approximate surface area is 152 Å². The van der Waals surface area contributed by atoms with Crippen LogP contribution >= 0.6 is 11.6 Å². The van der Waals surface area contributed by atoms with E-state index in [-0.39, 0.29) is 11.8 Å². The van der Waals surface area contributed by atoms with Gasteiger partial charge in [0.2, 0.25) is 0 Å². The molecular formula is C19H21ClN4O. The summed E-state index contributed by atoms with van der Waals surface area (Å²) in [5.41, 5.74) is 8.04. The molecule has 0 aliphatic carbocycles. The van der Waals surface area contributed by atoms with Crippen LogP contribution < -0.4 is 10.6 Å². The average molecular weight is 357 g/mol. The molecule has 2 N–H and O–H groups in total. The molecule has 3 rings (SSSR count). The maximum Gasteiger partial charge on any atom is 0.256 e. The molecule has 0 aromatic heterocycles. The molecule has 1 fully saturated rings. The quantitative estimate of drug-likeness (QED) is 0.520. The number of hydrogen-bond donors (Lipinski definition) is 1. The van der Waals surface area contributed by atoms with Gasteiger partial charge in [0.15, 0.2) is 0 Å². The molecule has 2 aromatic carbocycles. The SMILES string of the molecule is NC(CCl)=Nc1ccccc1C(=O)N1CCN(c2ccccc2)CC1. The number of carbonyl (C=O) groups is 1. The molecule has 1 amide bonds. The van der Waals surface area contributed by atoms with Gasteiger partial charge in [-0.05, 0) is 24.3 Å². The molecule has 130 valence electrons. The van der Waals surface area contributed by atoms with E-state index in [1.165, 1.54) is 5.69 Å². The summed E-state index contributed by atoms with van der Waals surface area (Å²) >= 11 is 5.70. The number of benzene rings is 2. The molecule has 1 heterocycles. The average Bonchev–Trinajstić information content (AvgIpc) is 2.68. The van der Waals surface area contributed by atoms with E-state index in [2.05, 4.69) is 22.0 Å². The van der Waals surface area contributed by atoms with E-state index in [0.29, 0.717) is 30.2 Å². The minimum Gasteiger partial charge on any atom is -0.386 e. The zero-order chi connectivity index (χ0) is 17.6. The highest BCUT2D eigenvalue weighted by Gasteiger charge is 2.23. The van der Waals surface area contributed by atoms with Crippen LogP contribution in [0.1, 0.15) is 10.4 Å². The van der Waals surface area contributed by atoms with E-state index >= 15 is 0 Å². The lowest BCUT2D eigenvalue weighted by Crippen LogP contribution is -2.48. The van der Waals surface area contributed by atoms with Crippen LogP contribution in [-0.4, -0.2) is 48.7 Å². The summed E-state index contributed by atoms with van der Waals surface area (Å²) in [6.45, 7) is 2.98. The molecule has 2 aromatic rings. The van der Waals surface area contributed by atoms with E-state index in [4.69, 9.17) is 17.3 Å². The number of anilines is 1. The minimum absolute atomic E-state index is 0.0190. The van der Waals surface area contributed by atoms with Crippen molar-refractivity contribution in [2.75, 3.05) is 37.0 Å². The zero-order valence-electron chi connectivity index (χ0n) is 13.9. The summed E-state index contributed by atoms with van der Waals surface area (Å²) in [7, 11) is 0. The lowest BCUT2D eigenvalue weighted by molar-refractivity contribution is 0.0747. The third-order valence-corrected chi connectivity index (χ3v) is 4.50. The fourth-order valence-corrected chi connectivity index (χ4v) is 2.97. The molecule has 1 aliphatic rings. The first-order chi connectivity index (χ1) is 12.2. The number of piperazine rings is 1. The second-order valence-electron chi connectivity index (χ2n) is 5.87. The molecule has 0 atom stereocenters. The summed E-state index contributed by atoms with van der Waals surface area (Å²) < 4.78 is 0. The van der Waals surface area contributed by atoms with Gasteiger partial charge in [0.05, 0.1) is 17.1 Å². The van der Waals surface area contributed by atoms with Crippen molar-refractivity contribution in [1.82, 2.24) is 4.90 Å². The molecule has 25 heavy (non-hydrogen) atoms. The van der Waals surface area contributed by atoms with Crippen LogP contribution in [0, 0.1) is 0 Å². The van der Waals surface area contributed by atoms with Crippen LogP contribution in [0.5, 0.6) is 0 Å². The minimum atomic E-state index is -0.0190. The Balaban J connectivity index is 1.71. The smallest absolute Gasteiger partial charge is 0.256 e. The van der Waals surface area contributed by atoms with E-state index in [9.17, 15) is 4.79 Å². The van der Waals surface area contributed by atoms with E-state index < -0.39 is 0 Å². The van der Waals surface area contributed by atoms with Gasteiger partial charge in [-0.3, -0.25) is 4.79 Å². The number of amidine groups is 1. The van der Waals surface area contributed by atoms with Crippen molar-refractivity contribution in [2.45, 2.75) is 0 Å². The second kappa shape index (κ2) is 8.03. The van der Waals surface area contributed by atoms with Crippen molar-refractivity contribution < 1.29 is 4.79 Å². The molecule has 0 saturated carbocycles. The molecule has 0 spiro atoms. The maximum absolute atomic E-state index is 12.9. The Morgan fingerprint density at radius 2 is 1.64 bits per heavy atom. The lowest BCUT2D eigenvalue weighted by atomic mass is 10.1. The topological polar surface area (TPSA) is 61.9 Å². The van der Waals surface area contributed by atoms with Crippen molar-refractivity contribution in [3.8, 4) is 0 Å². The number of para-hydroxylation sites is 2. The lowest BCUT2D eigenvalue weighted by Gasteiger charge is -2.36. The predicted octanol–water partition coefficient (Wildman–Crippen LogP) is 2.88. The van der Waals surface area contributed by atoms with Crippen LogP contribution in [0.4, 0.5) is 11.4 Å². The first kappa shape index (κ1) is 17.3. The van der Waals surface area contributed by atoms with Crippen molar-refractivity contribution >= 4 is 34.7 Å². The van der Waals surface area contributed by atoms with Crippen LogP contribution in [0.2, 0.25) is 0 Å². The summed E-state index contributed by atoms with van der Waals surface area (Å²) in [5.74, 6) is 0.420. The highest BCUT2D eigenvalue weighted by Crippen LogP contribution is 2.22. The Morgan fingerprint density at radius 1 is 1.00 bits per heavy atom. The highest BCUT2D eigenvalue weighted by molar-refractivity contribution is 6.28. The molecule has 5 nitrogen and oxygen atoms in total. The third kappa shape index (κ3) is 4.12. The van der Waals surface area contributed by atoms with Gasteiger partial charge in [0, 0.05) is 31.9 Å². The first-order valence-electron chi connectivity index (χ1n) is 8.26. The number of amides is 1. The third-order valence-electron chi connectivity index (χ3n) is 4.22. The fourth-order valence-electron chi connectivity index (χ4n) is 2.91. The number of alkyl halides is 1. The molecule has 0 bridgehead atoms. The molecule has 1 saturated heterocycles. The molecule has 1 aliphatic heterocycles. The van der Waals surface area contributed by atoms with E-state index in [0.717, 1.165) is 13.1 Å². The van der Waals surface area contributed by atoms with Crippen molar-refractivity contribution in [1.29, 1.82) is 0 Å². The van der Waals surface area contributed by atoms with Gasteiger partial charge in [0.25, 0.3) is 5.91 Å². The molecular weight excluding hydrogens is 336 g/mol. The van der Waals surface area contributed by atoms with Crippen molar-refractivity contribution in [2.24, 2.45) is 10.7 Å². The van der Waals surface area contributed by atoms with Gasteiger partial charge in [-0.15, -0.1) is 11.6 Å². The van der Waals surface area contributed by atoms with Crippen molar-refractivity contribution in [3.05, 3.63) is 60.2 Å². The number of hydrogen-bond acceptors (Lipinski definition) is 3. The van der Waals surface area contributed by atoms with Gasteiger partial charge >= 0.3 is 0 Å². The standard InChI is InChI=1S/C19H21ClN4O/c20-14-18(21)22-17-9-5-4-8-16(17)19(25)24-12-10-23(11-13-24)15-6-2-1-3-7-15/h1-9H,10-14H2,(H2,21,22). The Morgan fingerprint density at radius 3 is 2.32 bits per heavy atom. The van der Waals surface area contributed by atoms with Gasteiger partial charge in [0.1, 0.15) is 5.84 Å². The van der Waals surface area contributed by atoms with E-state index in [1.807, 2.05) is 35.2 Å². The molecule has 6 heteroatoms. The zero-order valence-corrected chi connectivity index (χ0v) is 14.7. The largest absolute Gasteiger partial charge is 0.386 e. The van der Waals surface area contributed by atoms with Crippen LogP contribution in [0.3, 0.4) is 0 Å². The Hall–Kier alpha value is -2.53. The van der Waals surface area contributed by atoms with E-state index in [1.54, 1.807) is 12.1 Å². The number of halogens is 1. The number of nitrogens with zero attached hydrogens (tertiary/aromatic N) is 3. The number of nitrogens with two attached hydrogens (primary N) is 1. The summed E-state index contributed by atoms with van der Waals surface area (Å²) in [4.78, 5) is 21.3. The van der Waals surface area contributed by atoms with Crippen molar-refractivity contribution in [3.63, 3.8) is 0 Å². The fraction of sp³-hybridized carbons (Fsp3) is 0.263. The maximum atomic E-state index is 12.9. The Kier molecular flexibility index (Phi) is 5.56. The van der Waals surface area contributed by atoms with Crippen LogP contribution in [-0.2, 0) is 0 Å². The summed E-state index contributed by atoms with van der Waals surface area (Å²) in [6.07, 6.45) is 0. The normalized spacial score (nSPS) is 15.3. The highest BCUT2D eigenvalue weighted by atomic mass is 35.5. The summed E-state index contributed by atoms with van der Waals surface area (Å²) in [6, 6.07) is 17.5. The number of carbonyl (C=O) groups excluding carboxylic acids is 1. The molecule has 0 radical (unpaired) electrons. The number of rotatable bonds is 4. The van der Waals surface area contributed by atoms with Gasteiger partial charge in [-0.25, -0.2) is 4.99 Å². The second-order valence-corrected chi connectivity index (χ2v) is 6.14. The Bertz CT molecular complexity index is 755. The monoisotopic (exact) mass is 356 g/mol. The van der Waals surface area contributed by atoms with Gasteiger partial charge < -0.3 is 15.5 Å². The van der Waals surface area contributed by atoms with Crippen LogP contribution in [0.15, 0.2) is 59.6 Å². The first-order valence-corrected chi connectivity index (χ1v) is 8.80. The predicted molar refractivity (Wildman–Crippen MR) is 103 cm³/mol. The van der Waals surface area contributed by atoms with Gasteiger partial charge in [-0.2, -0.15) is 0 Å². The summed E-state index contributed by atoms with van der Waals surface area (Å²) in [5, 5.41) is 0. The molecule has 0 unspecified atom stereocenters. The number of aliphatic imine (C=N–C) groups is 1.